The van der Waals surface area contributed by atoms with E-state index in [1.807, 2.05) is 6.07 Å². The van der Waals surface area contributed by atoms with Crippen molar-refractivity contribution in [2.24, 2.45) is 17.8 Å². The summed E-state index contributed by atoms with van der Waals surface area (Å²) in [4.78, 5) is 26.9. The normalized spacial score (nSPS) is 34.7. The Kier molecular flexibility index (Phi) is 3.75. The molecule has 0 atom stereocenters. The van der Waals surface area contributed by atoms with Gasteiger partial charge < -0.3 is 4.74 Å². The van der Waals surface area contributed by atoms with E-state index >= 15 is 0 Å². The second-order valence-electron chi connectivity index (χ2n) is 9.07. The second-order valence-corrected chi connectivity index (χ2v) is 9.07. The third-order valence-corrected chi connectivity index (χ3v) is 7.35. The summed E-state index contributed by atoms with van der Waals surface area (Å²) in [7, 11) is 1.64. The first-order chi connectivity index (χ1) is 12.6. The Morgan fingerprint density at radius 1 is 1.00 bits per heavy atom. The minimum absolute atomic E-state index is 0.118. The summed E-state index contributed by atoms with van der Waals surface area (Å²) >= 11 is 0. The fourth-order valence-electron chi connectivity index (χ4n) is 6.65. The molecule has 2 amide bonds. The number of rotatable bonds is 5. The molecular weight excluding hydrogens is 326 g/mol. The number of imide groups is 1. The van der Waals surface area contributed by atoms with Gasteiger partial charge in [0.05, 0.1) is 11.1 Å². The molecule has 4 aliphatic carbocycles. The van der Waals surface area contributed by atoms with E-state index < -0.39 is 0 Å². The molecule has 26 heavy (non-hydrogen) atoms. The summed E-state index contributed by atoms with van der Waals surface area (Å²) in [6.07, 6.45) is 8.74. The zero-order valence-corrected chi connectivity index (χ0v) is 15.5. The second kappa shape index (κ2) is 5.91. The molecule has 4 nitrogen and oxygen atoms in total. The maximum atomic E-state index is 12.8. The molecule has 0 unspecified atom stereocenters. The van der Waals surface area contributed by atoms with Crippen LogP contribution in [0.15, 0.2) is 18.2 Å². The molecule has 0 N–H and O–H groups in total. The number of amides is 2. The molecule has 5 aliphatic rings. The molecule has 138 valence electrons. The Bertz CT molecular complexity index is 733. The van der Waals surface area contributed by atoms with Crippen molar-refractivity contribution in [3.8, 4) is 0 Å². The first-order valence-electron chi connectivity index (χ1n) is 10.1. The lowest BCUT2D eigenvalue weighted by Crippen LogP contribution is -2.48. The number of nitrogens with zero attached hydrogens (tertiary/aromatic N) is 1. The number of ether oxygens (including phenoxy) is 1. The van der Waals surface area contributed by atoms with E-state index in [9.17, 15) is 9.59 Å². The van der Waals surface area contributed by atoms with E-state index in [1.165, 1.54) is 49.0 Å². The van der Waals surface area contributed by atoms with Crippen LogP contribution in [-0.4, -0.2) is 37.0 Å². The number of fused-ring (bicyclic) bond motifs is 1. The number of hydrogen-bond acceptors (Lipinski definition) is 3. The lowest BCUT2D eigenvalue weighted by Gasteiger charge is -2.57. The van der Waals surface area contributed by atoms with Crippen molar-refractivity contribution in [2.75, 3.05) is 20.3 Å². The Hall–Kier alpha value is -1.68. The van der Waals surface area contributed by atoms with E-state index in [0.29, 0.717) is 30.7 Å². The van der Waals surface area contributed by atoms with Crippen LogP contribution in [0, 0.1) is 17.8 Å². The van der Waals surface area contributed by atoms with E-state index in [-0.39, 0.29) is 17.2 Å². The van der Waals surface area contributed by atoms with Gasteiger partial charge in [-0.2, -0.15) is 0 Å². The molecule has 1 aromatic carbocycles. The molecular formula is C22H27NO3. The fraction of sp³-hybridized carbons (Fsp3) is 0.636. The van der Waals surface area contributed by atoms with Crippen LogP contribution in [0.25, 0.3) is 0 Å². The minimum atomic E-state index is -0.141. The van der Waals surface area contributed by atoms with Crippen LogP contribution < -0.4 is 0 Å². The fourth-order valence-corrected chi connectivity index (χ4v) is 6.65. The molecule has 0 spiro atoms. The van der Waals surface area contributed by atoms with Crippen molar-refractivity contribution in [3.05, 3.63) is 34.9 Å². The molecule has 4 saturated carbocycles. The molecule has 0 saturated heterocycles. The van der Waals surface area contributed by atoms with Gasteiger partial charge >= 0.3 is 0 Å². The van der Waals surface area contributed by atoms with Crippen molar-refractivity contribution in [1.29, 1.82) is 0 Å². The van der Waals surface area contributed by atoms with Crippen LogP contribution in [-0.2, 0) is 10.2 Å². The molecule has 4 bridgehead atoms. The van der Waals surface area contributed by atoms with Gasteiger partial charge in [-0.1, -0.05) is 6.07 Å². The van der Waals surface area contributed by atoms with Crippen LogP contribution in [0.1, 0.15) is 71.2 Å². The van der Waals surface area contributed by atoms with E-state index in [0.717, 1.165) is 17.8 Å². The molecule has 0 radical (unpaired) electrons. The van der Waals surface area contributed by atoms with E-state index in [4.69, 9.17) is 4.74 Å². The lowest BCUT2D eigenvalue weighted by molar-refractivity contribution is -0.00520. The monoisotopic (exact) mass is 353 g/mol. The predicted octanol–water partition coefficient (Wildman–Crippen LogP) is 3.79. The average molecular weight is 353 g/mol. The molecule has 0 aromatic heterocycles. The van der Waals surface area contributed by atoms with Crippen molar-refractivity contribution in [1.82, 2.24) is 4.90 Å². The van der Waals surface area contributed by atoms with Crippen molar-refractivity contribution >= 4 is 11.8 Å². The first kappa shape index (κ1) is 16.5. The Labute approximate surface area is 154 Å². The Balaban J connectivity index is 1.45. The van der Waals surface area contributed by atoms with Gasteiger partial charge in [0.1, 0.15) is 0 Å². The lowest BCUT2D eigenvalue weighted by atomic mass is 9.48. The number of hydrogen-bond donors (Lipinski definition) is 0. The highest BCUT2D eigenvalue weighted by atomic mass is 16.5. The van der Waals surface area contributed by atoms with Crippen LogP contribution in [0.3, 0.4) is 0 Å². The molecule has 4 fully saturated rings. The van der Waals surface area contributed by atoms with E-state index in [1.54, 1.807) is 7.11 Å². The predicted molar refractivity (Wildman–Crippen MR) is 98.2 cm³/mol. The zero-order valence-electron chi connectivity index (χ0n) is 15.5. The average Bonchev–Trinajstić information content (AvgIpc) is 2.85. The third-order valence-electron chi connectivity index (χ3n) is 7.35. The first-order valence-corrected chi connectivity index (χ1v) is 10.1. The molecule has 4 heteroatoms. The van der Waals surface area contributed by atoms with Crippen LogP contribution in [0.5, 0.6) is 0 Å². The number of carbonyl (C=O) groups is 2. The number of methoxy groups -OCH3 is 1. The molecule has 6 rings (SSSR count). The Morgan fingerprint density at radius 2 is 1.62 bits per heavy atom. The molecule has 1 aromatic rings. The summed E-state index contributed by atoms with van der Waals surface area (Å²) < 4.78 is 5.06. The summed E-state index contributed by atoms with van der Waals surface area (Å²) in [5.41, 5.74) is 2.79. The summed E-state index contributed by atoms with van der Waals surface area (Å²) in [6, 6.07) is 6.13. The third kappa shape index (κ3) is 2.38. The highest BCUT2D eigenvalue weighted by Gasteiger charge is 2.52. The van der Waals surface area contributed by atoms with Crippen molar-refractivity contribution < 1.29 is 14.3 Å². The van der Waals surface area contributed by atoms with E-state index in [2.05, 4.69) is 12.1 Å². The standard InChI is InChI=1S/C22H27NO3/c1-26-6-2-5-23-20(24)18-4-3-17(10-19(18)21(23)25)22-11-14-7-15(12-22)9-16(8-14)13-22/h3-4,10,14-16H,2,5-9,11-13H2,1H3. The quantitative estimate of drug-likeness (QED) is 0.598. The van der Waals surface area contributed by atoms with Crippen LogP contribution in [0.2, 0.25) is 0 Å². The Morgan fingerprint density at radius 3 is 2.23 bits per heavy atom. The SMILES string of the molecule is COCCCN1C(=O)c2ccc(C34CC5CC(CC(C5)C3)C4)cc2C1=O. The van der Waals surface area contributed by atoms with Gasteiger partial charge in [0.15, 0.2) is 0 Å². The highest BCUT2D eigenvalue weighted by molar-refractivity contribution is 6.21. The molecule has 1 heterocycles. The highest BCUT2D eigenvalue weighted by Crippen LogP contribution is 2.60. The summed E-state index contributed by atoms with van der Waals surface area (Å²) in [6.45, 7) is 0.999. The topological polar surface area (TPSA) is 46.6 Å². The van der Waals surface area contributed by atoms with Gasteiger partial charge in [-0.25, -0.2) is 0 Å². The zero-order chi connectivity index (χ0) is 17.9. The van der Waals surface area contributed by atoms with Crippen LogP contribution >= 0.6 is 0 Å². The van der Waals surface area contributed by atoms with Gasteiger partial charge in [0.25, 0.3) is 11.8 Å². The van der Waals surface area contributed by atoms with Gasteiger partial charge in [-0.05, 0) is 85.8 Å². The summed E-state index contributed by atoms with van der Waals surface area (Å²) in [5, 5.41) is 0. The summed E-state index contributed by atoms with van der Waals surface area (Å²) in [5.74, 6) is 2.36. The maximum absolute atomic E-state index is 12.8. The maximum Gasteiger partial charge on any atom is 0.261 e. The number of benzene rings is 1. The van der Waals surface area contributed by atoms with Gasteiger partial charge in [-0.3, -0.25) is 14.5 Å². The van der Waals surface area contributed by atoms with Crippen molar-refractivity contribution in [3.63, 3.8) is 0 Å². The minimum Gasteiger partial charge on any atom is -0.385 e. The van der Waals surface area contributed by atoms with Gasteiger partial charge in [-0.15, -0.1) is 0 Å². The van der Waals surface area contributed by atoms with Crippen molar-refractivity contribution in [2.45, 2.75) is 50.4 Å². The largest absolute Gasteiger partial charge is 0.385 e. The molecule has 1 aliphatic heterocycles. The van der Waals surface area contributed by atoms with Crippen LogP contribution in [0.4, 0.5) is 0 Å². The number of carbonyl (C=O) groups excluding carboxylic acids is 2. The van der Waals surface area contributed by atoms with Gasteiger partial charge in [0, 0.05) is 20.3 Å². The smallest absolute Gasteiger partial charge is 0.261 e. The van der Waals surface area contributed by atoms with Gasteiger partial charge in [0.2, 0.25) is 0 Å².